The minimum Gasteiger partial charge on any atom is -0.399 e. The fourth-order valence-corrected chi connectivity index (χ4v) is 2.44. The molecule has 0 aliphatic heterocycles. The normalized spacial score (nSPS) is 11.0. The number of rotatable bonds is 3. The molecule has 0 bridgehead atoms. The lowest BCUT2D eigenvalue weighted by atomic mass is 10.2. The van der Waals surface area contributed by atoms with E-state index in [9.17, 15) is 5.11 Å². The van der Waals surface area contributed by atoms with Crippen molar-refractivity contribution >= 4 is 22.4 Å². The molecule has 3 aromatic rings. The van der Waals surface area contributed by atoms with E-state index in [0.29, 0.717) is 11.5 Å². The predicted octanol–water partition coefficient (Wildman–Crippen LogP) is 2.17. The lowest BCUT2D eigenvalue weighted by Gasteiger charge is -2.14. The zero-order valence-corrected chi connectivity index (χ0v) is 12.1. The highest BCUT2D eigenvalue weighted by molar-refractivity contribution is 5.81. The van der Waals surface area contributed by atoms with Gasteiger partial charge in [0.25, 0.3) is 0 Å². The molecule has 0 saturated heterocycles. The first-order valence-corrected chi connectivity index (χ1v) is 6.75. The summed E-state index contributed by atoms with van der Waals surface area (Å²) in [5.74, 6) is 0.605. The van der Waals surface area contributed by atoms with Gasteiger partial charge in [0.05, 0.1) is 11.0 Å². The molecule has 1 heterocycles. The molecule has 0 aliphatic carbocycles. The van der Waals surface area contributed by atoms with E-state index >= 15 is 0 Å². The monoisotopic (exact) mass is 282 g/mol. The van der Waals surface area contributed by atoms with Crippen molar-refractivity contribution in [2.45, 2.75) is 6.61 Å². The van der Waals surface area contributed by atoms with Gasteiger partial charge in [-0.2, -0.15) is 0 Å². The lowest BCUT2D eigenvalue weighted by molar-refractivity contribution is 0.270. The number of anilines is 2. The molecule has 2 aromatic carbocycles. The van der Waals surface area contributed by atoms with Crippen molar-refractivity contribution < 1.29 is 5.11 Å². The Labute approximate surface area is 123 Å². The number of imidazole rings is 1. The Morgan fingerprint density at radius 1 is 1.14 bits per heavy atom. The Bertz CT molecular complexity index is 775. The molecule has 0 atom stereocenters. The van der Waals surface area contributed by atoms with E-state index in [1.165, 1.54) is 0 Å². The summed E-state index contributed by atoms with van der Waals surface area (Å²) in [6, 6.07) is 13.7. The fraction of sp³-hybridized carbons (Fsp3) is 0.188. The van der Waals surface area contributed by atoms with Crippen LogP contribution in [0.15, 0.2) is 42.5 Å². The third-order valence-corrected chi connectivity index (χ3v) is 3.51. The smallest absolute Gasteiger partial charge is 0.140 e. The summed E-state index contributed by atoms with van der Waals surface area (Å²) in [4.78, 5) is 6.49. The first-order chi connectivity index (χ1) is 10.1. The number of aliphatic hydroxyl groups is 1. The first-order valence-electron chi connectivity index (χ1n) is 6.75. The van der Waals surface area contributed by atoms with Crippen molar-refractivity contribution in [2.75, 3.05) is 24.7 Å². The fourth-order valence-electron chi connectivity index (χ4n) is 2.44. The van der Waals surface area contributed by atoms with Crippen LogP contribution in [0.5, 0.6) is 0 Å². The molecule has 0 saturated carbocycles. The number of aliphatic hydroxyl groups excluding tert-OH is 1. The van der Waals surface area contributed by atoms with E-state index in [1.807, 2.05) is 66.0 Å². The van der Waals surface area contributed by atoms with Gasteiger partial charge in [-0.1, -0.05) is 0 Å². The van der Waals surface area contributed by atoms with E-state index in [4.69, 9.17) is 5.73 Å². The van der Waals surface area contributed by atoms with Crippen molar-refractivity contribution in [2.24, 2.45) is 0 Å². The molecule has 3 rings (SSSR count). The third-order valence-electron chi connectivity index (χ3n) is 3.51. The van der Waals surface area contributed by atoms with Crippen LogP contribution >= 0.6 is 0 Å². The average molecular weight is 282 g/mol. The highest BCUT2D eigenvalue weighted by Crippen LogP contribution is 2.24. The van der Waals surface area contributed by atoms with Gasteiger partial charge in [-0.15, -0.1) is 0 Å². The summed E-state index contributed by atoms with van der Waals surface area (Å²) in [6.07, 6.45) is 0. The highest BCUT2D eigenvalue weighted by Gasteiger charge is 2.12. The molecular formula is C16H18N4O. The van der Waals surface area contributed by atoms with Crippen molar-refractivity contribution in [1.82, 2.24) is 9.55 Å². The Morgan fingerprint density at radius 3 is 2.48 bits per heavy atom. The van der Waals surface area contributed by atoms with Gasteiger partial charge in [0.2, 0.25) is 0 Å². The largest absolute Gasteiger partial charge is 0.399 e. The van der Waals surface area contributed by atoms with E-state index in [0.717, 1.165) is 22.4 Å². The molecule has 0 radical (unpaired) electrons. The maximum Gasteiger partial charge on any atom is 0.140 e. The van der Waals surface area contributed by atoms with Gasteiger partial charge < -0.3 is 15.7 Å². The molecule has 0 unspecified atom stereocenters. The van der Waals surface area contributed by atoms with Crippen LogP contribution in [0.1, 0.15) is 5.82 Å². The SMILES string of the molecule is CN(C)c1ccc(-n2c(CO)nc3cc(N)ccc32)cc1. The number of hydrogen-bond acceptors (Lipinski definition) is 4. The second-order valence-corrected chi connectivity index (χ2v) is 5.18. The summed E-state index contributed by atoms with van der Waals surface area (Å²) in [7, 11) is 4.01. The zero-order valence-electron chi connectivity index (χ0n) is 12.1. The first kappa shape index (κ1) is 13.5. The number of benzene rings is 2. The number of fused-ring (bicyclic) bond motifs is 1. The standard InChI is InChI=1S/C16H18N4O/c1-19(2)12-4-6-13(7-5-12)20-15-8-3-11(17)9-14(15)18-16(20)10-21/h3-9,21H,10,17H2,1-2H3. The van der Waals surface area contributed by atoms with Crippen molar-refractivity contribution in [1.29, 1.82) is 0 Å². The maximum atomic E-state index is 9.57. The lowest BCUT2D eigenvalue weighted by Crippen LogP contribution is -2.08. The van der Waals surface area contributed by atoms with Crippen LogP contribution in [0.3, 0.4) is 0 Å². The van der Waals surface area contributed by atoms with E-state index < -0.39 is 0 Å². The molecule has 0 amide bonds. The van der Waals surface area contributed by atoms with Crippen molar-refractivity contribution in [3.05, 3.63) is 48.3 Å². The summed E-state index contributed by atoms with van der Waals surface area (Å²) in [5.41, 5.74) is 10.3. The van der Waals surface area contributed by atoms with Crippen LogP contribution in [0, 0.1) is 0 Å². The van der Waals surface area contributed by atoms with Gasteiger partial charge in [-0.25, -0.2) is 4.98 Å². The number of nitrogen functional groups attached to an aromatic ring is 1. The molecule has 3 N–H and O–H groups in total. The molecule has 21 heavy (non-hydrogen) atoms. The van der Waals surface area contributed by atoms with Crippen LogP contribution in [0.4, 0.5) is 11.4 Å². The van der Waals surface area contributed by atoms with E-state index in [-0.39, 0.29) is 6.61 Å². The number of hydrogen-bond donors (Lipinski definition) is 2. The zero-order chi connectivity index (χ0) is 15.0. The van der Waals surface area contributed by atoms with Crippen LogP contribution in [-0.2, 0) is 6.61 Å². The van der Waals surface area contributed by atoms with E-state index in [2.05, 4.69) is 4.98 Å². The molecule has 5 nitrogen and oxygen atoms in total. The van der Waals surface area contributed by atoms with Gasteiger partial charge in [-0.3, -0.25) is 4.57 Å². The quantitative estimate of drug-likeness (QED) is 0.722. The van der Waals surface area contributed by atoms with Crippen LogP contribution in [0.25, 0.3) is 16.7 Å². The summed E-state index contributed by atoms with van der Waals surface area (Å²) in [6.45, 7) is -0.121. The average Bonchev–Trinajstić information content (AvgIpc) is 2.84. The number of nitrogens with two attached hydrogens (primary N) is 1. The number of aromatic nitrogens is 2. The molecule has 0 fully saturated rings. The summed E-state index contributed by atoms with van der Waals surface area (Å²) < 4.78 is 1.95. The van der Waals surface area contributed by atoms with Gasteiger partial charge >= 0.3 is 0 Å². The van der Waals surface area contributed by atoms with Gasteiger partial charge in [-0.05, 0) is 42.5 Å². The number of nitrogens with zero attached hydrogens (tertiary/aromatic N) is 3. The highest BCUT2D eigenvalue weighted by atomic mass is 16.3. The van der Waals surface area contributed by atoms with Gasteiger partial charge in [0.15, 0.2) is 0 Å². The second kappa shape index (κ2) is 5.10. The summed E-state index contributed by atoms with van der Waals surface area (Å²) >= 11 is 0. The topological polar surface area (TPSA) is 67.3 Å². The molecular weight excluding hydrogens is 264 g/mol. The molecule has 1 aromatic heterocycles. The maximum absolute atomic E-state index is 9.57. The molecule has 108 valence electrons. The molecule has 5 heteroatoms. The Morgan fingerprint density at radius 2 is 1.86 bits per heavy atom. The molecule has 0 aliphatic rings. The van der Waals surface area contributed by atoms with Gasteiger partial charge in [0, 0.05) is 31.2 Å². The minimum atomic E-state index is -0.121. The van der Waals surface area contributed by atoms with Crippen LogP contribution in [0.2, 0.25) is 0 Å². The van der Waals surface area contributed by atoms with Crippen molar-refractivity contribution in [3.63, 3.8) is 0 Å². The minimum absolute atomic E-state index is 0.121. The molecule has 0 spiro atoms. The summed E-state index contributed by atoms with van der Waals surface area (Å²) in [5, 5.41) is 9.57. The Kier molecular flexibility index (Phi) is 3.27. The van der Waals surface area contributed by atoms with Crippen LogP contribution in [-0.4, -0.2) is 28.8 Å². The Hall–Kier alpha value is -2.53. The van der Waals surface area contributed by atoms with Crippen molar-refractivity contribution in [3.8, 4) is 5.69 Å². The third kappa shape index (κ3) is 2.32. The predicted molar refractivity (Wildman–Crippen MR) is 85.7 cm³/mol. The van der Waals surface area contributed by atoms with Crippen LogP contribution < -0.4 is 10.6 Å². The van der Waals surface area contributed by atoms with E-state index in [1.54, 1.807) is 0 Å². The second-order valence-electron chi connectivity index (χ2n) is 5.18. The Balaban J connectivity index is 2.18. The van der Waals surface area contributed by atoms with Gasteiger partial charge in [0.1, 0.15) is 12.4 Å².